The van der Waals surface area contributed by atoms with Crippen LogP contribution in [0, 0.1) is 5.82 Å². The molecule has 0 amide bonds. The quantitative estimate of drug-likeness (QED) is 0.815. The fourth-order valence-corrected chi connectivity index (χ4v) is 4.00. The highest BCUT2D eigenvalue weighted by molar-refractivity contribution is 7.89. The van der Waals surface area contributed by atoms with E-state index in [-0.39, 0.29) is 17.4 Å². The monoisotopic (exact) mass is 355 g/mol. The van der Waals surface area contributed by atoms with Crippen molar-refractivity contribution in [3.05, 3.63) is 29.6 Å². The number of esters is 1. The van der Waals surface area contributed by atoms with E-state index in [1.165, 1.54) is 0 Å². The summed E-state index contributed by atoms with van der Waals surface area (Å²) < 4.78 is 45.8. The number of rotatable bonds is 5. The maximum Gasteiger partial charge on any atom is 0.338 e. The van der Waals surface area contributed by atoms with Gasteiger partial charge in [-0.3, -0.25) is 4.79 Å². The molecule has 2 fully saturated rings. The summed E-state index contributed by atoms with van der Waals surface area (Å²) in [5.74, 6) is -1.90. The summed E-state index contributed by atoms with van der Waals surface area (Å²) in [6.07, 6.45) is 3.02. The van der Waals surface area contributed by atoms with Gasteiger partial charge in [-0.05, 0) is 50.3 Å². The SMILES string of the molecule is O=C(O[C@@H]1CCCCC1=O)c1ccc(F)c(S(=O)(=O)NC2CC2)c1. The van der Waals surface area contributed by atoms with Crippen LogP contribution < -0.4 is 4.72 Å². The predicted octanol–water partition coefficient (Wildman–Crippen LogP) is 1.93. The standard InChI is InChI=1S/C16H18FNO5S/c17-12-8-5-10(9-15(12)24(21,22)18-11-6-7-11)16(20)23-14-4-2-1-3-13(14)19/h5,8-9,11,14,18H,1-4,6-7H2/t14-/m1/s1. The summed E-state index contributed by atoms with van der Waals surface area (Å²) in [5.41, 5.74) is -0.0917. The first-order valence-electron chi connectivity index (χ1n) is 7.92. The second-order valence-electron chi connectivity index (χ2n) is 6.15. The molecule has 3 rings (SSSR count). The fraction of sp³-hybridized carbons (Fsp3) is 0.500. The molecule has 2 aliphatic rings. The van der Waals surface area contributed by atoms with Crippen molar-refractivity contribution in [3.63, 3.8) is 0 Å². The molecule has 1 aromatic carbocycles. The Balaban J connectivity index is 1.79. The summed E-state index contributed by atoms with van der Waals surface area (Å²) in [6, 6.07) is 2.85. The van der Waals surface area contributed by atoms with Gasteiger partial charge in [0.2, 0.25) is 10.0 Å². The number of halogens is 1. The first kappa shape index (κ1) is 17.0. The minimum absolute atomic E-state index is 0.0917. The Kier molecular flexibility index (Phi) is 4.69. The van der Waals surface area contributed by atoms with Gasteiger partial charge >= 0.3 is 5.97 Å². The second-order valence-corrected chi connectivity index (χ2v) is 7.83. The summed E-state index contributed by atoms with van der Waals surface area (Å²) >= 11 is 0. The van der Waals surface area contributed by atoms with Gasteiger partial charge in [-0.25, -0.2) is 22.3 Å². The molecule has 0 unspecified atom stereocenters. The van der Waals surface area contributed by atoms with Gasteiger partial charge in [-0.15, -0.1) is 0 Å². The molecule has 2 aliphatic carbocycles. The first-order chi connectivity index (χ1) is 11.4. The van der Waals surface area contributed by atoms with Crippen molar-refractivity contribution < 1.29 is 27.1 Å². The number of hydrogen-bond donors (Lipinski definition) is 1. The van der Waals surface area contributed by atoms with Crippen LogP contribution in [0.4, 0.5) is 4.39 Å². The molecule has 8 heteroatoms. The second kappa shape index (κ2) is 6.60. The molecule has 1 aromatic rings. The van der Waals surface area contributed by atoms with Crippen molar-refractivity contribution in [3.8, 4) is 0 Å². The van der Waals surface area contributed by atoms with Crippen LogP contribution in [-0.2, 0) is 19.6 Å². The molecule has 0 bridgehead atoms. The number of carbonyl (C=O) groups excluding carboxylic acids is 2. The number of sulfonamides is 1. The van der Waals surface area contributed by atoms with Crippen molar-refractivity contribution in [2.45, 2.75) is 55.6 Å². The zero-order valence-electron chi connectivity index (χ0n) is 13.0. The molecule has 0 heterocycles. The third-order valence-electron chi connectivity index (χ3n) is 4.10. The van der Waals surface area contributed by atoms with Gasteiger partial charge in [0.05, 0.1) is 5.56 Å². The lowest BCUT2D eigenvalue weighted by Crippen LogP contribution is -2.30. The van der Waals surface area contributed by atoms with Crippen LogP contribution >= 0.6 is 0 Å². The number of carbonyl (C=O) groups is 2. The molecule has 130 valence electrons. The number of benzene rings is 1. The number of nitrogens with one attached hydrogen (secondary N) is 1. The van der Waals surface area contributed by atoms with Gasteiger partial charge in [0.25, 0.3) is 0 Å². The van der Waals surface area contributed by atoms with Gasteiger partial charge in [-0.1, -0.05) is 0 Å². The molecule has 0 spiro atoms. The Morgan fingerprint density at radius 3 is 2.62 bits per heavy atom. The normalized spacial score (nSPS) is 21.5. The van der Waals surface area contributed by atoms with Gasteiger partial charge in [0, 0.05) is 12.5 Å². The molecule has 0 saturated heterocycles. The zero-order valence-corrected chi connectivity index (χ0v) is 13.8. The summed E-state index contributed by atoms with van der Waals surface area (Å²) in [5, 5.41) is 0. The van der Waals surface area contributed by atoms with Crippen LogP contribution in [0.25, 0.3) is 0 Å². The highest BCUT2D eigenvalue weighted by Crippen LogP contribution is 2.25. The van der Waals surface area contributed by atoms with Gasteiger partial charge in [0.1, 0.15) is 10.7 Å². The number of Topliss-reactive ketones (excluding diaryl/α,β-unsaturated/α-hetero) is 1. The Morgan fingerprint density at radius 2 is 1.96 bits per heavy atom. The van der Waals surface area contributed by atoms with E-state index in [0.29, 0.717) is 25.7 Å². The Bertz CT molecular complexity index is 773. The first-order valence-corrected chi connectivity index (χ1v) is 9.41. The van der Waals surface area contributed by atoms with E-state index in [0.717, 1.165) is 31.0 Å². The predicted molar refractivity (Wildman–Crippen MR) is 82.4 cm³/mol. The van der Waals surface area contributed by atoms with E-state index in [1.807, 2.05) is 0 Å². The molecule has 0 aromatic heterocycles. The lowest BCUT2D eigenvalue weighted by Gasteiger charge is -2.20. The topological polar surface area (TPSA) is 89.5 Å². The smallest absolute Gasteiger partial charge is 0.338 e. The molecule has 0 aliphatic heterocycles. The Labute approximate surface area is 139 Å². The minimum Gasteiger partial charge on any atom is -0.451 e. The van der Waals surface area contributed by atoms with E-state index in [4.69, 9.17) is 4.74 Å². The number of hydrogen-bond acceptors (Lipinski definition) is 5. The number of ether oxygens (including phenoxy) is 1. The summed E-state index contributed by atoms with van der Waals surface area (Å²) in [4.78, 5) is 23.3. The van der Waals surface area contributed by atoms with Crippen molar-refractivity contribution in [1.29, 1.82) is 0 Å². The van der Waals surface area contributed by atoms with Crippen LogP contribution in [0.3, 0.4) is 0 Å². The highest BCUT2D eigenvalue weighted by atomic mass is 32.2. The molecule has 0 radical (unpaired) electrons. The van der Waals surface area contributed by atoms with Crippen LogP contribution in [0.2, 0.25) is 0 Å². The molecular weight excluding hydrogens is 337 g/mol. The third-order valence-corrected chi connectivity index (χ3v) is 5.64. The summed E-state index contributed by atoms with van der Waals surface area (Å²) in [7, 11) is -4.03. The fourth-order valence-electron chi connectivity index (χ4n) is 2.59. The van der Waals surface area contributed by atoms with Crippen molar-refractivity contribution in [1.82, 2.24) is 4.72 Å². The third kappa shape index (κ3) is 3.81. The van der Waals surface area contributed by atoms with E-state index < -0.39 is 32.8 Å². The zero-order chi connectivity index (χ0) is 17.3. The average molecular weight is 355 g/mol. The molecule has 1 atom stereocenters. The van der Waals surface area contributed by atoms with Gasteiger partial charge in [0.15, 0.2) is 11.9 Å². The van der Waals surface area contributed by atoms with Crippen LogP contribution in [0.15, 0.2) is 23.1 Å². The number of ketones is 1. The Morgan fingerprint density at radius 1 is 1.21 bits per heavy atom. The minimum atomic E-state index is -4.03. The molecule has 2 saturated carbocycles. The maximum atomic E-state index is 13.9. The Hall–Kier alpha value is -1.80. The van der Waals surface area contributed by atoms with Crippen molar-refractivity contribution >= 4 is 21.8 Å². The van der Waals surface area contributed by atoms with Crippen LogP contribution in [0.5, 0.6) is 0 Å². The van der Waals surface area contributed by atoms with E-state index in [9.17, 15) is 22.4 Å². The van der Waals surface area contributed by atoms with Crippen molar-refractivity contribution in [2.75, 3.05) is 0 Å². The highest BCUT2D eigenvalue weighted by Gasteiger charge is 2.31. The van der Waals surface area contributed by atoms with Gasteiger partial charge < -0.3 is 4.74 Å². The molecule has 1 N–H and O–H groups in total. The molecule has 24 heavy (non-hydrogen) atoms. The van der Waals surface area contributed by atoms with E-state index in [2.05, 4.69) is 4.72 Å². The lowest BCUT2D eigenvalue weighted by molar-refractivity contribution is -0.129. The maximum absolute atomic E-state index is 13.9. The molecule has 6 nitrogen and oxygen atoms in total. The van der Waals surface area contributed by atoms with E-state index in [1.54, 1.807) is 0 Å². The average Bonchev–Trinajstić information content (AvgIpc) is 3.33. The lowest BCUT2D eigenvalue weighted by atomic mass is 9.96. The van der Waals surface area contributed by atoms with Crippen molar-refractivity contribution in [2.24, 2.45) is 0 Å². The summed E-state index contributed by atoms with van der Waals surface area (Å²) in [6.45, 7) is 0. The van der Waals surface area contributed by atoms with Crippen LogP contribution in [0.1, 0.15) is 48.9 Å². The largest absolute Gasteiger partial charge is 0.451 e. The van der Waals surface area contributed by atoms with E-state index >= 15 is 0 Å². The van der Waals surface area contributed by atoms with Gasteiger partial charge in [-0.2, -0.15) is 0 Å². The molecular formula is C16H18FNO5S. The van der Waals surface area contributed by atoms with Crippen LogP contribution in [-0.4, -0.2) is 32.3 Å².